The fraction of sp³-hybridized carbons (Fsp3) is 0. The second kappa shape index (κ2) is 6.01. The Kier molecular flexibility index (Phi) is 5.79. The molecule has 0 saturated heterocycles. The minimum absolute atomic E-state index is 0. The van der Waals surface area contributed by atoms with Crippen molar-refractivity contribution in [3.05, 3.63) is 32.4 Å². The van der Waals surface area contributed by atoms with Crippen LogP contribution in [0.5, 0.6) is 5.75 Å². The number of rotatable bonds is 3. The Morgan fingerprint density at radius 2 is 1.39 bits per heavy atom. The van der Waals surface area contributed by atoms with Gasteiger partial charge in [-0.3, -0.25) is 24.8 Å². The Morgan fingerprint density at radius 1 is 1.06 bits per heavy atom. The van der Waals surface area contributed by atoms with Gasteiger partial charge in [-0.25, -0.2) is 0 Å². The van der Waals surface area contributed by atoms with Crippen molar-refractivity contribution in [2.24, 2.45) is 0 Å². The van der Waals surface area contributed by atoms with Crippen molar-refractivity contribution < 1.29 is 79.3 Å². The quantitative estimate of drug-likeness (QED) is 0.267. The van der Waals surface area contributed by atoms with Crippen LogP contribution in [-0.4, -0.2) is 27.9 Å². The van der Waals surface area contributed by atoms with Gasteiger partial charge in [0.1, 0.15) is 4.90 Å². The Hall–Kier alpha value is -0.634. The molecule has 2 N–H and O–H groups in total. The maximum absolute atomic E-state index is 10.7. The molecule has 18 heavy (non-hydrogen) atoms. The number of hydrogen-bond donors (Lipinski definition) is 2. The van der Waals surface area contributed by atoms with Gasteiger partial charge in [-0.05, 0) is 0 Å². The van der Waals surface area contributed by atoms with E-state index in [0.29, 0.717) is 12.1 Å². The second-order valence-corrected chi connectivity index (χ2v) is 4.22. The van der Waals surface area contributed by atoms with E-state index in [-0.39, 0.29) is 51.4 Å². The molecular formula is C6H4KN2O8S+. The van der Waals surface area contributed by atoms with Crippen LogP contribution in [0.25, 0.3) is 0 Å². The van der Waals surface area contributed by atoms with Gasteiger partial charge in [0.25, 0.3) is 15.9 Å². The van der Waals surface area contributed by atoms with Gasteiger partial charge in [0.05, 0.1) is 9.85 Å². The summed E-state index contributed by atoms with van der Waals surface area (Å²) in [6, 6.07) is 0.634. The van der Waals surface area contributed by atoms with E-state index < -0.39 is 42.0 Å². The van der Waals surface area contributed by atoms with Crippen molar-refractivity contribution in [3.8, 4) is 5.75 Å². The van der Waals surface area contributed by atoms with Gasteiger partial charge in [-0.2, -0.15) is 8.42 Å². The van der Waals surface area contributed by atoms with Gasteiger partial charge in [-0.1, -0.05) is 0 Å². The number of nitro groups is 2. The largest absolute Gasteiger partial charge is 1.00 e. The van der Waals surface area contributed by atoms with Gasteiger partial charge in [0.15, 0.2) is 0 Å². The molecule has 0 fully saturated rings. The van der Waals surface area contributed by atoms with Crippen LogP contribution in [0.3, 0.4) is 0 Å². The number of aromatic hydroxyl groups is 1. The molecule has 12 heteroatoms. The third-order valence-electron chi connectivity index (χ3n) is 1.73. The number of phenolic OH excluding ortho intramolecular Hbond substituents is 1. The van der Waals surface area contributed by atoms with Crippen molar-refractivity contribution in [1.82, 2.24) is 0 Å². The van der Waals surface area contributed by atoms with Crippen LogP contribution in [-0.2, 0) is 10.1 Å². The van der Waals surface area contributed by atoms with Crippen LogP contribution in [0.15, 0.2) is 17.0 Å². The van der Waals surface area contributed by atoms with E-state index in [9.17, 15) is 28.6 Å². The first-order valence-corrected chi connectivity index (χ1v) is 5.22. The van der Waals surface area contributed by atoms with E-state index in [1.807, 2.05) is 0 Å². The molecule has 0 atom stereocenters. The number of benzene rings is 1. The molecule has 0 amide bonds. The van der Waals surface area contributed by atoms with E-state index in [4.69, 9.17) is 9.66 Å². The molecule has 0 spiro atoms. The van der Waals surface area contributed by atoms with Crippen LogP contribution < -0.4 is 51.4 Å². The van der Waals surface area contributed by atoms with Crippen molar-refractivity contribution >= 4 is 21.5 Å². The monoisotopic (exact) mass is 303 g/mol. The van der Waals surface area contributed by atoms with Gasteiger partial charge in [-0.15, -0.1) is 0 Å². The minimum atomic E-state index is -4.85. The Morgan fingerprint density at radius 3 is 1.61 bits per heavy atom. The predicted molar refractivity (Wildman–Crippen MR) is 51.2 cm³/mol. The summed E-state index contributed by atoms with van der Waals surface area (Å²) < 4.78 is 30.1. The summed E-state index contributed by atoms with van der Waals surface area (Å²) in [7, 11) is -4.85. The molecule has 10 nitrogen and oxygen atoms in total. The van der Waals surface area contributed by atoms with Gasteiger partial charge in [0, 0.05) is 12.1 Å². The summed E-state index contributed by atoms with van der Waals surface area (Å²) in [6.45, 7) is 0. The summed E-state index contributed by atoms with van der Waals surface area (Å²) in [5.74, 6) is -1.28. The fourth-order valence-electron chi connectivity index (χ4n) is 1.01. The molecular weight excluding hydrogens is 299 g/mol. The standard InChI is InChI=1S/C6H4N2O8S.K/c9-6-4(7(10)11)1-3(17(14,15)16)2-5(6)8(12)13;/h1-2,9H,(H,14,15,16);/q;+1. The zero-order chi connectivity index (χ0) is 13.4. The molecule has 0 radical (unpaired) electrons. The maximum Gasteiger partial charge on any atom is 1.00 e. The van der Waals surface area contributed by atoms with Crippen LogP contribution in [0.1, 0.15) is 0 Å². The summed E-state index contributed by atoms with van der Waals surface area (Å²) in [5, 5.41) is 30.0. The first-order chi connectivity index (χ1) is 7.64. The first kappa shape index (κ1) is 17.4. The van der Waals surface area contributed by atoms with E-state index in [1.165, 1.54) is 0 Å². The summed E-state index contributed by atoms with van der Waals surface area (Å²) >= 11 is 0. The Bertz CT molecular complexity index is 577. The molecule has 1 aromatic rings. The number of phenols is 1. The van der Waals surface area contributed by atoms with Crippen LogP contribution in [0, 0.1) is 20.2 Å². The van der Waals surface area contributed by atoms with E-state index in [0.717, 1.165) is 0 Å². The number of hydrogen-bond acceptors (Lipinski definition) is 7. The topological polar surface area (TPSA) is 161 Å². The fourth-order valence-corrected chi connectivity index (χ4v) is 1.53. The van der Waals surface area contributed by atoms with Gasteiger partial charge >= 0.3 is 62.8 Å². The van der Waals surface area contributed by atoms with E-state index in [1.54, 1.807) is 0 Å². The Labute approximate surface area is 142 Å². The van der Waals surface area contributed by atoms with Gasteiger partial charge < -0.3 is 5.11 Å². The van der Waals surface area contributed by atoms with Crippen LogP contribution in [0.4, 0.5) is 11.4 Å². The van der Waals surface area contributed by atoms with Crippen molar-refractivity contribution in [2.45, 2.75) is 4.90 Å². The molecule has 0 bridgehead atoms. The van der Waals surface area contributed by atoms with E-state index in [2.05, 4.69) is 0 Å². The normalized spacial score (nSPS) is 10.5. The average molecular weight is 303 g/mol. The summed E-state index contributed by atoms with van der Waals surface area (Å²) in [5.41, 5.74) is -2.38. The van der Waals surface area contributed by atoms with Crippen molar-refractivity contribution in [3.63, 3.8) is 0 Å². The minimum Gasteiger partial charge on any atom is -0.497 e. The number of nitrogens with zero attached hydrogens (tertiary/aromatic N) is 2. The van der Waals surface area contributed by atoms with Crippen LogP contribution in [0.2, 0.25) is 0 Å². The zero-order valence-corrected chi connectivity index (χ0v) is 12.7. The molecule has 0 aromatic heterocycles. The molecule has 0 aliphatic rings. The van der Waals surface area contributed by atoms with Crippen molar-refractivity contribution in [1.29, 1.82) is 0 Å². The average Bonchev–Trinajstić information content (AvgIpc) is 2.14. The molecule has 1 aromatic carbocycles. The zero-order valence-electron chi connectivity index (χ0n) is 8.80. The number of nitro benzene ring substituents is 2. The molecule has 0 heterocycles. The third-order valence-corrected chi connectivity index (χ3v) is 2.57. The smallest absolute Gasteiger partial charge is 0.497 e. The predicted octanol–water partition coefficient (Wildman–Crippen LogP) is -2.54. The maximum atomic E-state index is 10.7. The molecule has 0 saturated carbocycles. The Balaban J connectivity index is 0.00000289. The SMILES string of the molecule is O=[N+]([O-])c1cc(S(=O)(=O)O)cc([N+](=O)[O-])c1O.[K+]. The molecule has 92 valence electrons. The van der Waals surface area contributed by atoms with Gasteiger partial charge in [0.2, 0.25) is 0 Å². The van der Waals surface area contributed by atoms with Crippen LogP contribution >= 0.6 is 0 Å². The van der Waals surface area contributed by atoms with E-state index >= 15 is 0 Å². The molecule has 0 aliphatic heterocycles. The first-order valence-electron chi connectivity index (χ1n) is 3.78. The second-order valence-electron chi connectivity index (χ2n) is 2.80. The molecule has 0 aliphatic carbocycles. The summed E-state index contributed by atoms with van der Waals surface area (Å²) in [6.07, 6.45) is 0. The summed E-state index contributed by atoms with van der Waals surface area (Å²) in [4.78, 5) is 17.4. The third kappa shape index (κ3) is 3.68. The molecule has 1 rings (SSSR count). The van der Waals surface area contributed by atoms with Crippen molar-refractivity contribution in [2.75, 3.05) is 0 Å². The molecule has 0 unspecified atom stereocenters.